The van der Waals surface area contributed by atoms with Gasteiger partial charge in [0.2, 0.25) is 11.8 Å². The van der Waals surface area contributed by atoms with Crippen LogP contribution in [0.4, 0.5) is 0 Å². The van der Waals surface area contributed by atoms with Gasteiger partial charge in [-0.25, -0.2) is 9.97 Å². The number of ether oxygens (including phenoxy) is 1. The third-order valence-electron chi connectivity index (χ3n) is 4.13. The zero-order chi connectivity index (χ0) is 19.6. The van der Waals surface area contributed by atoms with Crippen LogP contribution in [0.1, 0.15) is 28.3 Å². The number of hydrogen-bond acceptors (Lipinski definition) is 7. The minimum atomic E-state index is -0.618. The van der Waals surface area contributed by atoms with E-state index in [-0.39, 0.29) is 24.1 Å². The molecule has 27 heavy (non-hydrogen) atoms. The predicted molar refractivity (Wildman–Crippen MR) is 101 cm³/mol. The minimum absolute atomic E-state index is 0.0800. The number of carbonyl (C=O) groups is 2. The van der Waals surface area contributed by atoms with Gasteiger partial charge in [-0.05, 0) is 26.0 Å². The molecule has 2 amide bonds. The third kappa shape index (κ3) is 4.08. The van der Waals surface area contributed by atoms with Crippen LogP contribution in [-0.2, 0) is 11.4 Å². The van der Waals surface area contributed by atoms with Crippen LogP contribution in [0.25, 0.3) is 10.2 Å². The normalized spacial score (nSPS) is 12.0. The zero-order valence-electron chi connectivity index (χ0n) is 15.5. The lowest BCUT2D eigenvalue weighted by atomic mass is 10.2. The van der Waals surface area contributed by atoms with E-state index in [2.05, 4.69) is 15.3 Å². The van der Waals surface area contributed by atoms with Crippen molar-refractivity contribution in [2.45, 2.75) is 26.5 Å². The number of oxazole rings is 1. The van der Waals surface area contributed by atoms with Gasteiger partial charge in [0.1, 0.15) is 18.1 Å². The van der Waals surface area contributed by atoms with Crippen molar-refractivity contribution in [2.24, 2.45) is 0 Å². The number of nitrogens with zero attached hydrogens (tertiary/aromatic N) is 3. The van der Waals surface area contributed by atoms with Gasteiger partial charge in [-0.1, -0.05) is 0 Å². The molecule has 1 atom stereocenters. The van der Waals surface area contributed by atoms with E-state index in [1.807, 2.05) is 25.1 Å². The molecule has 3 aromatic rings. The molecule has 0 saturated heterocycles. The average Bonchev–Trinajstić information content (AvgIpc) is 3.28. The first-order valence-corrected chi connectivity index (χ1v) is 9.14. The van der Waals surface area contributed by atoms with Crippen LogP contribution < -0.4 is 10.1 Å². The van der Waals surface area contributed by atoms with Crippen LogP contribution in [0, 0.1) is 6.92 Å². The first kappa shape index (κ1) is 18.8. The summed E-state index contributed by atoms with van der Waals surface area (Å²) in [6.07, 6.45) is 1.26. The van der Waals surface area contributed by atoms with Crippen LogP contribution in [0.15, 0.2) is 28.9 Å². The van der Waals surface area contributed by atoms with E-state index in [1.165, 1.54) is 25.3 Å². The number of amides is 2. The molecule has 1 N–H and O–H groups in total. The quantitative estimate of drug-likeness (QED) is 0.696. The highest BCUT2D eigenvalue weighted by Crippen LogP contribution is 2.26. The molecule has 2 aromatic heterocycles. The maximum atomic E-state index is 12.4. The summed E-state index contributed by atoms with van der Waals surface area (Å²) in [7, 11) is 3.06. The molecule has 0 unspecified atom stereocenters. The van der Waals surface area contributed by atoms with Crippen molar-refractivity contribution in [3.05, 3.63) is 41.1 Å². The Hall–Kier alpha value is -2.94. The molecule has 0 aliphatic rings. The number of aromatic nitrogens is 2. The number of hydrogen-bond donors (Lipinski definition) is 1. The highest BCUT2D eigenvalue weighted by Gasteiger charge is 2.24. The lowest BCUT2D eigenvalue weighted by Gasteiger charge is -2.22. The van der Waals surface area contributed by atoms with Gasteiger partial charge >= 0.3 is 0 Å². The van der Waals surface area contributed by atoms with Gasteiger partial charge in [-0.3, -0.25) is 9.59 Å². The summed E-state index contributed by atoms with van der Waals surface area (Å²) in [5, 5.41) is 3.50. The van der Waals surface area contributed by atoms with E-state index < -0.39 is 11.9 Å². The molecule has 0 aliphatic heterocycles. The first-order chi connectivity index (χ1) is 12.9. The van der Waals surface area contributed by atoms with E-state index in [0.717, 1.165) is 15.2 Å². The average molecular weight is 388 g/mol. The molecule has 0 aliphatic carbocycles. The number of benzene rings is 1. The fourth-order valence-electron chi connectivity index (χ4n) is 2.47. The highest BCUT2D eigenvalue weighted by molar-refractivity contribution is 7.18. The fraction of sp³-hybridized carbons (Fsp3) is 0.333. The molecule has 0 bridgehead atoms. The van der Waals surface area contributed by atoms with Crippen molar-refractivity contribution >= 4 is 33.4 Å². The number of fused-ring (bicyclic) bond motifs is 1. The molecule has 3 rings (SSSR count). The molecule has 0 fully saturated rings. The third-order valence-corrected chi connectivity index (χ3v) is 5.08. The second-order valence-corrected chi connectivity index (χ2v) is 7.22. The van der Waals surface area contributed by atoms with Gasteiger partial charge in [-0.15, -0.1) is 11.3 Å². The molecular weight excluding hydrogens is 368 g/mol. The smallest absolute Gasteiger partial charge is 0.276 e. The molecule has 2 heterocycles. The number of rotatable bonds is 6. The van der Waals surface area contributed by atoms with E-state index in [4.69, 9.17) is 9.15 Å². The lowest BCUT2D eigenvalue weighted by molar-refractivity contribution is -0.124. The predicted octanol–water partition coefficient (Wildman–Crippen LogP) is 2.38. The molecular formula is C18H20N4O4S. The molecule has 0 spiro atoms. The van der Waals surface area contributed by atoms with E-state index in [0.29, 0.717) is 5.75 Å². The Bertz CT molecular complexity index is 981. The Balaban J connectivity index is 1.64. The Morgan fingerprint density at radius 1 is 1.37 bits per heavy atom. The fourth-order valence-corrected chi connectivity index (χ4v) is 3.28. The number of nitrogens with one attached hydrogen (secondary N) is 1. The van der Waals surface area contributed by atoms with Gasteiger partial charge in [0.25, 0.3) is 5.91 Å². The standard InChI is InChI=1S/C18H20N4O4S/c1-10(17(23)19-3)22(4)18(24)14-8-26-16(21-14)9-25-12-5-6-15-13(7-12)20-11(2)27-15/h5-8,10H,9H2,1-4H3,(H,19,23)/t10-/m1/s1. The molecule has 0 radical (unpaired) electrons. The van der Waals surface area contributed by atoms with Gasteiger partial charge in [0.05, 0.1) is 15.2 Å². The van der Waals surface area contributed by atoms with E-state index in [9.17, 15) is 9.59 Å². The monoisotopic (exact) mass is 388 g/mol. The molecule has 0 saturated carbocycles. The first-order valence-electron chi connectivity index (χ1n) is 8.32. The summed E-state index contributed by atoms with van der Waals surface area (Å²) in [5.41, 5.74) is 1.00. The van der Waals surface area contributed by atoms with Gasteiger partial charge in [-0.2, -0.15) is 0 Å². The minimum Gasteiger partial charge on any atom is -0.484 e. The van der Waals surface area contributed by atoms with Crippen LogP contribution in [0.5, 0.6) is 5.75 Å². The number of thiazole rings is 1. The lowest BCUT2D eigenvalue weighted by Crippen LogP contribution is -2.44. The summed E-state index contributed by atoms with van der Waals surface area (Å²) in [5.74, 6) is 0.254. The van der Waals surface area contributed by atoms with Gasteiger partial charge in [0.15, 0.2) is 12.3 Å². The molecule has 8 nitrogen and oxygen atoms in total. The highest BCUT2D eigenvalue weighted by atomic mass is 32.1. The molecule has 9 heteroatoms. The van der Waals surface area contributed by atoms with Crippen LogP contribution in [0.2, 0.25) is 0 Å². The number of carbonyl (C=O) groups excluding carboxylic acids is 2. The van der Waals surface area contributed by atoms with Crippen molar-refractivity contribution in [3.63, 3.8) is 0 Å². The summed E-state index contributed by atoms with van der Waals surface area (Å²) in [6, 6.07) is 5.04. The summed E-state index contributed by atoms with van der Waals surface area (Å²) in [4.78, 5) is 34.0. The van der Waals surface area contributed by atoms with Crippen molar-refractivity contribution in [2.75, 3.05) is 14.1 Å². The van der Waals surface area contributed by atoms with Crippen LogP contribution in [-0.4, -0.2) is 46.8 Å². The van der Waals surface area contributed by atoms with Crippen molar-refractivity contribution < 1.29 is 18.7 Å². The largest absolute Gasteiger partial charge is 0.484 e. The van der Waals surface area contributed by atoms with Crippen molar-refractivity contribution in [3.8, 4) is 5.75 Å². The Labute approximate surface area is 160 Å². The summed E-state index contributed by atoms with van der Waals surface area (Å²) in [6.45, 7) is 3.67. The second kappa shape index (κ2) is 7.75. The maximum Gasteiger partial charge on any atom is 0.276 e. The SMILES string of the molecule is CNC(=O)[C@@H](C)N(C)C(=O)c1coc(COc2ccc3sc(C)nc3c2)n1. The number of aryl methyl sites for hydroxylation is 1. The maximum absolute atomic E-state index is 12.4. The Morgan fingerprint density at radius 3 is 2.89 bits per heavy atom. The van der Waals surface area contributed by atoms with Crippen LogP contribution >= 0.6 is 11.3 Å². The van der Waals surface area contributed by atoms with Gasteiger partial charge in [0, 0.05) is 20.2 Å². The Morgan fingerprint density at radius 2 is 2.15 bits per heavy atom. The van der Waals surface area contributed by atoms with Crippen molar-refractivity contribution in [1.29, 1.82) is 0 Å². The van der Waals surface area contributed by atoms with E-state index >= 15 is 0 Å². The van der Waals surface area contributed by atoms with Crippen molar-refractivity contribution in [1.82, 2.24) is 20.2 Å². The Kier molecular flexibility index (Phi) is 5.41. The number of likely N-dealkylation sites (N-methyl/N-ethyl adjacent to an activating group) is 2. The van der Waals surface area contributed by atoms with Gasteiger partial charge < -0.3 is 19.4 Å². The zero-order valence-corrected chi connectivity index (χ0v) is 16.3. The summed E-state index contributed by atoms with van der Waals surface area (Å²) < 4.78 is 12.1. The molecule has 1 aromatic carbocycles. The molecule has 142 valence electrons. The van der Waals surface area contributed by atoms with Crippen LogP contribution in [0.3, 0.4) is 0 Å². The summed E-state index contributed by atoms with van der Waals surface area (Å²) >= 11 is 1.62. The second-order valence-electron chi connectivity index (χ2n) is 5.98. The van der Waals surface area contributed by atoms with E-state index in [1.54, 1.807) is 18.3 Å². The topological polar surface area (TPSA) is 97.6 Å².